The molecule has 1 amide bonds. The first-order valence-corrected chi connectivity index (χ1v) is 11.5. The Labute approximate surface area is 198 Å². The number of aliphatic carboxylic acids is 2. The average molecular weight is 480 g/mol. The molecule has 2 aliphatic rings. The number of ether oxygens (including phenoxy) is 1. The van der Waals surface area contributed by atoms with E-state index in [1.807, 2.05) is 20.8 Å². The average Bonchev–Trinajstić information content (AvgIpc) is 3.12. The van der Waals surface area contributed by atoms with Crippen LogP contribution in [-0.2, 0) is 14.3 Å². The number of halogens is 1. The molecule has 1 aromatic rings. The summed E-state index contributed by atoms with van der Waals surface area (Å²) in [4.78, 5) is 39.5. The minimum absolute atomic E-state index is 0.0274. The van der Waals surface area contributed by atoms with Gasteiger partial charge < -0.3 is 25.2 Å². The molecule has 10 heteroatoms. The maximum absolute atomic E-state index is 13.9. The van der Waals surface area contributed by atoms with Crippen molar-refractivity contribution in [3.63, 3.8) is 0 Å². The van der Waals surface area contributed by atoms with Gasteiger partial charge in [-0.3, -0.25) is 14.5 Å². The first-order valence-electron chi connectivity index (χ1n) is 11.5. The van der Waals surface area contributed by atoms with Gasteiger partial charge in [0.05, 0.1) is 0 Å². The molecule has 3 rings (SSSR count). The van der Waals surface area contributed by atoms with Crippen LogP contribution in [0, 0.1) is 5.82 Å². The van der Waals surface area contributed by atoms with Gasteiger partial charge in [0.2, 0.25) is 0 Å². The van der Waals surface area contributed by atoms with Gasteiger partial charge in [0.15, 0.2) is 5.92 Å². The fraction of sp³-hybridized carbons (Fsp3) is 0.625. The number of benzene rings is 1. The van der Waals surface area contributed by atoms with E-state index in [0.717, 1.165) is 31.6 Å². The predicted molar refractivity (Wildman–Crippen MR) is 123 cm³/mol. The van der Waals surface area contributed by atoms with Crippen molar-refractivity contribution in [1.82, 2.24) is 9.80 Å². The van der Waals surface area contributed by atoms with E-state index in [4.69, 9.17) is 4.74 Å². The zero-order valence-electron chi connectivity index (χ0n) is 20.1. The minimum atomic E-state index is -1.78. The van der Waals surface area contributed by atoms with E-state index in [0.29, 0.717) is 25.9 Å². The summed E-state index contributed by atoms with van der Waals surface area (Å²) in [5.74, 6) is -5.35. The molecule has 9 nitrogen and oxygen atoms in total. The van der Waals surface area contributed by atoms with Gasteiger partial charge in [0, 0.05) is 49.0 Å². The predicted octanol–water partition coefficient (Wildman–Crippen LogP) is 3.35. The number of carbonyl (C=O) groups is 3. The van der Waals surface area contributed by atoms with Crippen LogP contribution in [0.2, 0.25) is 0 Å². The lowest BCUT2D eigenvalue weighted by molar-refractivity contribution is -0.150. The zero-order chi connectivity index (χ0) is 25.3. The maximum Gasteiger partial charge on any atom is 0.410 e. The largest absolute Gasteiger partial charge is 0.480 e. The molecule has 2 heterocycles. The monoisotopic (exact) mass is 479 g/mol. The van der Waals surface area contributed by atoms with Crippen LogP contribution in [0.25, 0.3) is 0 Å². The molecule has 2 aliphatic heterocycles. The number of carboxylic acid groups (broad SMARTS) is 2. The summed E-state index contributed by atoms with van der Waals surface area (Å²) in [7, 11) is 0. The molecule has 0 aromatic heterocycles. The van der Waals surface area contributed by atoms with Gasteiger partial charge in [0.1, 0.15) is 11.4 Å². The van der Waals surface area contributed by atoms with Crippen LogP contribution in [0.4, 0.5) is 14.9 Å². The Hall–Kier alpha value is -2.88. The Morgan fingerprint density at radius 1 is 1.15 bits per heavy atom. The lowest BCUT2D eigenvalue weighted by Gasteiger charge is -2.43. The molecule has 0 bridgehead atoms. The van der Waals surface area contributed by atoms with Crippen LogP contribution in [0.15, 0.2) is 18.2 Å². The van der Waals surface area contributed by atoms with E-state index in [2.05, 4.69) is 17.1 Å². The van der Waals surface area contributed by atoms with Gasteiger partial charge in [-0.05, 0) is 59.1 Å². The van der Waals surface area contributed by atoms with Crippen molar-refractivity contribution in [3.8, 4) is 0 Å². The Kier molecular flexibility index (Phi) is 7.40. The van der Waals surface area contributed by atoms with Gasteiger partial charge in [-0.15, -0.1) is 0 Å². The number of nitrogens with one attached hydrogen (secondary N) is 1. The van der Waals surface area contributed by atoms with Crippen molar-refractivity contribution >= 4 is 23.7 Å². The van der Waals surface area contributed by atoms with Gasteiger partial charge in [0.25, 0.3) is 0 Å². The van der Waals surface area contributed by atoms with E-state index < -0.39 is 29.3 Å². The third kappa shape index (κ3) is 5.97. The normalized spacial score (nSPS) is 22.1. The second kappa shape index (κ2) is 9.77. The third-order valence-electron chi connectivity index (χ3n) is 6.54. The highest BCUT2D eigenvalue weighted by Crippen LogP contribution is 2.33. The molecule has 1 unspecified atom stereocenters. The minimum Gasteiger partial charge on any atom is -0.480 e. The number of nitrogens with zero attached hydrogens (tertiary/aromatic N) is 2. The number of amides is 1. The summed E-state index contributed by atoms with van der Waals surface area (Å²) in [6, 6.07) is 3.37. The van der Waals surface area contributed by atoms with E-state index in [9.17, 15) is 29.0 Å². The van der Waals surface area contributed by atoms with Gasteiger partial charge in [-0.1, -0.05) is 6.07 Å². The number of carboxylic acids is 2. The number of likely N-dealkylation sites (tertiary alicyclic amines) is 2. The van der Waals surface area contributed by atoms with Crippen LogP contribution >= 0.6 is 0 Å². The smallest absolute Gasteiger partial charge is 0.410 e. The summed E-state index contributed by atoms with van der Waals surface area (Å²) in [5.41, 5.74) is -0.504. The van der Waals surface area contributed by atoms with Gasteiger partial charge in [-0.2, -0.15) is 0 Å². The highest BCUT2D eigenvalue weighted by Gasteiger charge is 2.43. The van der Waals surface area contributed by atoms with Crippen LogP contribution < -0.4 is 5.32 Å². The standard InChI is InChI=1S/C24H34FN3O6/c1-23(2,3)34-22(33)27-12-9-24(4,14-27)28-10-7-16(8-11-28)26-18-13-15(25)5-6-17(18)19(20(29)30)21(31)32/h5-6,13,16,19,26H,7-12,14H2,1-4H3,(H,29,30)(H,31,32). The first-order chi connectivity index (χ1) is 15.8. The number of anilines is 1. The molecule has 0 spiro atoms. The topological polar surface area (TPSA) is 119 Å². The Balaban J connectivity index is 1.63. The van der Waals surface area contributed by atoms with Crippen LogP contribution in [0.5, 0.6) is 0 Å². The van der Waals surface area contributed by atoms with Crippen molar-refractivity contribution in [2.24, 2.45) is 0 Å². The number of hydrogen-bond donors (Lipinski definition) is 3. The number of rotatable bonds is 6. The molecule has 2 fully saturated rings. The molecular weight excluding hydrogens is 445 g/mol. The SMILES string of the molecule is CC(C)(C)OC(=O)N1CCC(C)(N2CCC(Nc3cc(F)ccc3C(C(=O)O)C(=O)O)CC2)C1. The van der Waals surface area contributed by atoms with Crippen molar-refractivity contribution < 1.29 is 33.7 Å². The van der Waals surface area contributed by atoms with Crippen LogP contribution in [-0.4, -0.2) is 81.4 Å². The summed E-state index contributed by atoms with van der Waals surface area (Å²) in [6.07, 6.45) is 1.95. The molecule has 2 saturated heterocycles. The van der Waals surface area contributed by atoms with Gasteiger partial charge >= 0.3 is 18.0 Å². The lowest BCUT2D eigenvalue weighted by atomic mass is 9.93. The second-order valence-corrected chi connectivity index (χ2v) is 10.4. The van der Waals surface area contributed by atoms with E-state index >= 15 is 0 Å². The Morgan fingerprint density at radius 2 is 1.76 bits per heavy atom. The van der Waals surface area contributed by atoms with E-state index in [1.54, 1.807) is 4.90 Å². The fourth-order valence-corrected chi connectivity index (χ4v) is 4.75. The molecule has 1 atom stereocenters. The Bertz CT molecular complexity index is 927. The third-order valence-corrected chi connectivity index (χ3v) is 6.54. The first kappa shape index (κ1) is 25.7. The van der Waals surface area contributed by atoms with Crippen molar-refractivity contribution in [2.75, 3.05) is 31.5 Å². The van der Waals surface area contributed by atoms with Gasteiger partial charge in [-0.25, -0.2) is 9.18 Å². The summed E-state index contributed by atoms with van der Waals surface area (Å²) < 4.78 is 19.4. The zero-order valence-corrected chi connectivity index (χ0v) is 20.1. The molecule has 34 heavy (non-hydrogen) atoms. The van der Waals surface area contributed by atoms with E-state index in [1.165, 1.54) is 6.07 Å². The number of piperidine rings is 1. The number of hydrogen-bond acceptors (Lipinski definition) is 6. The molecule has 188 valence electrons. The fourth-order valence-electron chi connectivity index (χ4n) is 4.75. The second-order valence-electron chi connectivity index (χ2n) is 10.4. The summed E-state index contributed by atoms with van der Waals surface area (Å²) in [5, 5.41) is 21.9. The molecule has 3 N–H and O–H groups in total. The summed E-state index contributed by atoms with van der Waals surface area (Å²) in [6.45, 7) is 10.4. The van der Waals surface area contributed by atoms with Crippen LogP contribution in [0.3, 0.4) is 0 Å². The maximum atomic E-state index is 13.9. The summed E-state index contributed by atoms with van der Waals surface area (Å²) >= 11 is 0. The molecule has 0 radical (unpaired) electrons. The molecule has 0 saturated carbocycles. The van der Waals surface area contributed by atoms with Crippen molar-refractivity contribution in [2.45, 2.75) is 70.1 Å². The highest BCUT2D eigenvalue weighted by molar-refractivity contribution is 6.00. The molecular formula is C24H34FN3O6. The van der Waals surface area contributed by atoms with Crippen molar-refractivity contribution in [3.05, 3.63) is 29.6 Å². The molecule has 0 aliphatic carbocycles. The van der Waals surface area contributed by atoms with Crippen molar-refractivity contribution in [1.29, 1.82) is 0 Å². The lowest BCUT2D eigenvalue weighted by Crippen LogP contribution is -2.53. The molecule has 1 aromatic carbocycles. The quantitative estimate of drug-likeness (QED) is 0.532. The van der Waals surface area contributed by atoms with Crippen LogP contribution in [0.1, 0.15) is 58.4 Å². The van der Waals surface area contributed by atoms with E-state index in [-0.39, 0.29) is 28.9 Å². The number of carbonyl (C=O) groups excluding carboxylic acids is 1. The highest BCUT2D eigenvalue weighted by atomic mass is 19.1. The Morgan fingerprint density at radius 3 is 2.32 bits per heavy atom.